The summed E-state index contributed by atoms with van der Waals surface area (Å²) in [5.74, 6) is 0.766. The largest absolute Gasteiger partial charge is 0.317 e. The van der Waals surface area contributed by atoms with E-state index in [9.17, 15) is 0 Å². The van der Waals surface area contributed by atoms with Crippen LogP contribution in [0.25, 0.3) is 0 Å². The maximum Gasteiger partial charge on any atom is 0.0117 e. The summed E-state index contributed by atoms with van der Waals surface area (Å²) in [6.07, 6.45) is 6.79. The lowest BCUT2D eigenvalue weighted by Gasteiger charge is -2.45. The molecule has 4 unspecified atom stereocenters. The number of hydrogen-bond acceptors (Lipinski definition) is 2. The van der Waals surface area contributed by atoms with Gasteiger partial charge < -0.3 is 5.32 Å². The molecule has 0 spiro atoms. The quantitative estimate of drug-likeness (QED) is 0.717. The molecule has 2 heteroatoms. The van der Waals surface area contributed by atoms with Gasteiger partial charge in [-0.25, -0.2) is 0 Å². The van der Waals surface area contributed by atoms with E-state index < -0.39 is 0 Å². The number of nitrogens with zero attached hydrogens (tertiary/aromatic N) is 1. The minimum atomic E-state index is 0.712. The molecule has 1 aliphatic rings. The van der Waals surface area contributed by atoms with E-state index >= 15 is 0 Å². The van der Waals surface area contributed by atoms with Crippen LogP contribution in [0.1, 0.15) is 59.8 Å². The van der Waals surface area contributed by atoms with Crippen molar-refractivity contribution >= 4 is 0 Å². The van der Waals surface area contributed by atoms with E-state index in [0.29, 0.717) is 6.04 Å². The molecular formula is C15H32N2. The minimum Gasteiger partial charge on any atom is -0.317 e. The maximum atomic E-state index is 3.47. The van der Waals surface area contributed by atoms with E-state index in [-0.39, 0.29) is 0 Å². The molecule has 1 rings (SSSR count). The Labute approximate surface area is 108 Å². The van der Waals surface area contributed by atoms with Gasteiger partial charge in [-0.15, -0.1) is 0 Å². The highest BCUT2D eigenvalue weighted by Gasteiger charge is 2.33. The first kappa shape index (κ1) is 15.0. The van der Waals surface area contributed by atoms with Gasteiger partial charge in [0, 0.05) is 24.7 Å². The zero-order valence-electron chi connectivity index (χ0n) is 12.5. The van der Waals surface area contributed by atoms with Gasteiger partial charge in [-0.2, -0.15) is 0 Å². The Balaban J connectivity index is 2.43. The summed E-state index contributed by atoms with van der Waals surface area (Å²) < 4.78 is 0. The fourth-order valence-corrected chi connectivity index (χ4v) is 3.28. The van der Waals surface area contributed by atoms with Crippen LogP contribution in [0.5, 0.6) is 0 Å². The summed E-state index contributed by atoms with van der Waals surface area (Å²) in [5, 5.41) is 3.47. The van der Waals surface area contributed by atoms with Gasteiger partial charge >= 0.3 is 0 Å². The van der Waals surface area contributed by atoms with Crippen LogP contribution < -0.4 is 5.32 Å². The van der Waals surface area contributed by atoms with E-state index in [1.807, 2.05) is 0 Å². The van der Waals surface area contributed by atoms with Crippen LogP contribution in [0.4, 0.5) is 0 Å². The number of likely N-dealkylation sites (tertiary alicyclic amines) is 1. The van der Waals surface area contributed by atoms with Crippen molar-refractivity contribution in [1.82, 2.24) is 10.2 Å². The Bertz CT molecular complexity index is 205. The predicted molar refractivity (Wildman–Crippen MR) is 76.4 cm³/mol. The Morgan fingerprint density at radius 1 is 1.29 bits per heavy atom. The Morgan fingerprint density at radius 2 is 2.00 bits per heavy atom. The van der Waals surface area contributed by atoms with Crippen LogP contribution in [0.3, 0.4) is 0 Å². The third-order valence-electron chi connectivity index (χ3n) is 4.78. The van der Waals surface area contributed by atoms with E-state index in [4.69, 9.17) is 0 Å². The summed E-state index contributed by atoms with van der Waals surface area (Å²) in [6, 6.07) is 2.19. The van der Waals surface area contributed by atoms with Gasteiger partial charge in [0.2, 0.25) is 0 Å². The highest BCUT2D eigenvalue weighted by Crippen LogP contribution is 2.26. The summed E-state index contributed by atoms with van der Waals surface area (Å²) in [5.41, 5.74) is 0. The third kappa shape index (κ3) is 3.96. The minimum absolute atomic E-state index is 0.712. The van der Waals surface area contributed by atoms with Crippen LogP contribution in [0, 0.1) is 5.92 Å². The Morgan fingerprint density at radius 3 is 2.59 bits per heavy atom. The zero-order chi connectivity index (χ0) is 12.8. The zero-order valence-corrected chi connectivity index (χ0v) is 12.5. The molecule has 2 nitrogen and oxygen atoms in total. The fraction of sp³-hybridized carbons (Fsp3) is 1.00. The molecule has 1 N–H and O–H groups in total. The van der Waals surface area contributed by atoms with E-state index in [1.54, 1.807) is 0 Å². The highest BCUT2D eigenvalue weighted by molar-refractivity contribution is 4.89. The second-order valence-electron chi connectivity index (χ2n) is 5.87. The van der Waals surface area contributed by atoms with Crippen LogP contribution in [0.15, 0.2) is 0 Å². The smallest absolute Gasteiger partial charge is 0.0117 e. The van der Waals surface area contributed by atoms with Crippen LogP contribution in [-0.2, 0) is 0 Å². The Hall–Kier alpha value is -0.0800. The molecule has 102 valence electrons. The first-order chi connectivity index (χ1) is 8.11. The topological polar surface area (TPSA) is 15.3 Å². The third-order valence-corrected chi connectivity index (χ3v) is 4.78. The van der Waals surface area contributed by atoms with Crippen molar-refractivity contribution in [2.75, 3.05) is 13.6 Å². The molecule has 0 saturated carbocycles. The van der Waals surface area contributed by atoms with Gasteiger partial charge in [-0.05, 0) is 39.7 Å². The Kier molecular flexibility index (Phi) is 6.50. The average molecular weight is 240 g/mol. The van der Waals surface area contributed by atoms with E-state index in [0.717, 1.165) is 18.0 Å². The molecule has 0 aromatic rings. The number of piperidine rings is 1. The SMILES string of the molecule is CCCCCC(C)N1CCC(NC)C(C)C1C. The van der Waals surface area contributed by atoms with Crippen LogP contribution in [0.2, 0.25) is 0 Å². The molecule has 0 aromatic carbocycles. The lowest BCUT2D eigenvalue weighted by molar-refractivity contribution is 0.0509. The first-order valence-corrected chi connectivity index (χ1v) is 7.54. The summed E-state index contributed by atoms with van der Waals surface area (Å²) in [7, 11) is 2.11. The molecule has 1 fully saturated rings. The second kappa shape index (κ2) is 7.38. The van der Waals surface area contributed by atoms with Crippen molar-refractivity contribution in [2.45, 2.75) is 77.9 Å². The van der Waals surface area contributed by atoms with Gasteiger partial charge in [0.1, 0.15) is 0 Å². The molecule has 1 heterocycles. The molecule has 0 bridgehead atoms. The molecule has 0 radical (unpaired) electrons. The van der Waals surface area contributed by atoms with Crippen LogP contribution >= 0.6 is 0 Å². The summed E-state index contributed by atoms with van der Waals surface area (Å²) in [6.45, 7) is 10.8. The van der Waals surface area contributed by atoms with Gasteiger partial charge in [0.05, 0.1) is 0 Å². The molecule has 0 amide bonds. The van der Waals surface area contributed by atoms with Gasteiger partial charge in [0.25, 0.3) is 0 Å². The summed E-state index contributed by atoms with van der Waals surface area (Å²) >= 11 is 0. The van der Waals surface area contributed by atoms with Crippen molar-refractivity contribution in [2.24, 2.45) is 5.92 Å². The molecule has 4 atom stereocenters. The molecular weight excluding hydrogens is 208 g/mol. The fourth-order valence-electron chi connectivity index (χ4n) is 3.28. The number of nitrogens with one attached hydrogen (secondary N) is 1. The molecule has 1 saturated heterocycles. The van der Waals surface area contributed by atoms with Crippen molar-refractivity contribution in [3.05, 3.63) is 0 Å². The molecule has 17 heavy (non-hydrogen) atoms. The maximum absolute atomic E-state index is 3.47. The summed E-state index contributed by atoms with van der Waals surface area (Å²) in [4.78, 5) is 2.73. The standard InChI is InChI=1S/C15H32N2/c1-6-7-8-9-12(2)17-11-10-15(16-5)13(3)14(17)4/h12-16H,6-11H2,1-5H3. The van der Waals surface area contributed by atoms with Crippen molar-refractivity contribution in [3.63, 3.8) is 0 Å². The second-order valence-corrected chi connectivity index (χ2v) is 5.87. The van der Waals surface area contributed by atoms with Crippen LogP contribution in [-0.4, -0.2) is 36.6 Å². The average Bonchev–Trinajstić information content (AvgIpc) is 2.32. The first-order valence-electron chi connectivity index (χ1n) is 7.54. The number of rotatable bonds is 6. The monoisotopic (exact) mass is 240 g/mol. The van der Waals surface area contributed by atoms with Gasteiger partial charge in [0.15, 0.2) is 0 Å². The lowest BCUT2D eigenvalue weighted by atomic mass is 9.86. The lowest BCUT2D eigenvalue weighted by Crippen LogP contribution is -2.55. The van der Waals surface area contributed by atoms with Gasteiger partial charge in [-0.3, -0.25) is 4.90 Å². The predicted octanol–water partition coefficient (Wildman–Crippen LogP) is 3.27. The van der Waals surface area contributed by atoms with E-state index in [2.05, 4.69) is 45.0 Å². The van der Waals surface area contributed by atoms with Crippen molar-refractivity contribution < 1.29 is 0 Å². The number of hydrogen-bond donors (Lipinski definition) is 1. The highest BCUT2D eigenvalue weighted by atomic mass is 15.2. The molecule has 0 aromatic heterocycles. The molecule has 1 aliphatic heterocycles. The van der Waals surface area contributed by atoms with Crippen molar-refractivity contribution in [3.8, 4) is 0 Å². The normalized spacial score (nSPS) is 32.6. The van der Waals surface area contributed by atoms with Gasteiger partial charge in [-0.1, -0.05) is 33.1 Å². The van der Waals surface area contributed by atoms with Crippen molar-refractivity contribution in [1.29, 1.82) is 0 Å². The molecule has 0 aliphatic carbocycles. The number of unbranched alkanes of at least 4 members (excludes halogenated alkanes) is 2. The van der Waals surface area contributed by atoms with E-state index in [1.165, 1.54) is 38.6 Å².